The summed E-state index contributed by atoms with van der Waals surface area (Å²) in [7, 11) is 0. The highest BCUT2D eigenvalue weighted by Gasteiger charge is 2.38. The van der Waals surface area contributed by atoms with E-state index in [0.29, 0.717) is 23.9 Å². The summed E-state index contributed by atoms with van der Waals surface area (Å²) in [4.78, 5) is 32.5. The van der Waals surface area contributed by atoms with E-state index >= 15 is 0 Å². The molecule has 1 aliphatic carbocycles. The molecule has 138 valence electrons. The summed E-state index contributed by atoms with van der Waals surface area (Å²) < 4.78 is 1.86. The van der Waals surface area contributed by atoms with Crippen molar-refractivity contribution in [2.24, 2.45) is 11.8 Å². The molecule has 1 aromatic carbocycles. The van der Waals surface area contributed by atoms with Gasteiger partial charge in [0.2, 0.25) is 17.6 Å². The van der Waals surface area contributed by atoms with Crippen LogP contribution in [-0.4, -0.2) is 32.7 Å². The summed E-state index contributed by atoms with van der Waals surface area (Å²) in [5, 5.41) is 5.67. The molecule has 0 radical (unpaired) electrons. The maximum Gasteiger partial charge on any atom is 0.234 e. The van der Waals surface area contributed by atoms with Crippen LogP contribution >= 0.6 is 0 Å². The van der Waals surface area contributed by atoms with Gasteiger partial charge in [0.05, 0.1) is 5.69 Å². The number of nitrogens with zero attached hydrogens (tertiary/aromatic N) is 3. The van der Waals surface area contributed by atoms with Crippen LogP contribution in [0.15, 0.2) is 48.9 Å². The van der Waals surface area contributed by atoms with Crippen LogP contribution in [0.1, 0.15) is 19.8 Å². The number of carbonyl (C=O) groups excluding carboxylic acids is 2. The maximum absolute atomic E-state index is 12.0. The highest BCUT2D eigenvalue weighted by molar-refractivity contribution is 5.91. The molecule has 4 rings (SSSR count). The Morgan fingerprint density at radius 2 is 2.04 bits per heavy atom. The smallest absolute Gasteiger partial charge is 0.234 e. The molecule has 2 heterocycles. The lowest BCUT2D eigenvalue weighted by Crippen LogP contribution is -2.29. The van der Waals surface area contributed by atoms with Crippen molar-refractivity contribution in [3.63, 3.8) is 0 Å². The van der Waals surface area contributed by atoms with E-state index in [9.17, 15) is 9.59 Å². The quantitative estimate of drug-likeness (QED) is 0.704. The lowest BCUT2D eigenvalue weighted by Gasteiger charge is -2.07. The highest BCUT2D eigenvalue weighted by Crippen LogP contribution is 2.37. The van der Waals surface area contributed by atoms with Gasteiger partial charge in [-0.15, -0.1) is 0 Å². The first-order valence-electron chi connectivity index (χ1n) is 9.08. The minimum atomic E-state index is -0.121. The number of amides is 2. The fourth-order valence-corrected chi connectivity index (χ4v) is 3.03. The van der Waals surface area contributed by atoms with Gasteiger partial charge in [-0.2, -0.15) is 0 Å². The van der Waals surface area contributed by atoms with Crippen LogP contribution in [0.2, 0.25) is 0 Å². The molecule has 0 bridgehead atoms. The summed E-state index contributed by atoms with van der Waals surface area (Å²) in [6, 6.07) is 9.36. The molecule has 0 unspecified atom stereocenters. The number of rotatable bonds is 6. The summed E-state index contributed by atoms with van der Waals surface area (Å²) in [5.41, 5.74) is 2.49. The van der Waals surface area contributed by atoms with Gasteiger partial charge in [-0.05, 0) is 30.5 Å². The Morgan fingerprint density at radius 3 is 2.74 bits per heavy atom. The molecule has 1 saturated carbocycles. The van der Waals surface area contributed by atoms with Crippen molar-refractivity contribution in [3.8, 4) is 11.3 Å². The molecule has 2 N–H and O–H groups in total. The second-order valence-corrected chi connectivity index (χ2v) is 6.94. The summed E-state index contributed by atoms with van der Waals surface area (Å²) >= 11 is 0. The fourth-order valence-electron chi connectivity index (χ4n) is 3.03. The number of carbonyl (C=O) groups is 2. The third-order valence-corrected chi connectivity index (χ3v) is 4.80. The molecule has 7 nitrogen and oxygen atoms in total. The molecule has 3 aromatic rings. The van der Waals surface area contributed by atoms with E-state index in [1.54, 1.807) is 6.20 Å². The topological polar surface area (TPSA) is 88.4 Å². The maximum atomic E-state index is 12.0. The van der Waals surface area contributed by atoms with Crippen LogP contribution in [0.4, 0.5) is 5.69 Å². The zero-order chi connectivity index (χ0) is 18.8. The summed E-state index contributed by atoms with van der Waals surface area (Å²) in [6.45, 7) is 2.42. The van der Waals surface area contributed by atoms with Crippen LogP contribution in [0.25, 0.3) is 17.0 Å². The molecule has 1 fully saturated rings. The van der Waals surface area contributed by atoms with E-state index in [4.69, 9.17) is 0 Å². The number of hydrogen-bond acceptors (Lipinski definition) is 4. The molecule has 0 saturated heterocycles. The Bertz CT molecular complexity index is 946. The Kier molecular flexibility index (Phi) is 4.58. The number of anilines is 1. The minimum Gasteiger partial charge on any atom is -0.355 e. The van der Waals surface area contributed by atoms with Crippen molar-refractivity contribution < 1.29 is 9.59 Å². The molecule has 1 aliphatic rings. The van der Waals surface area contributed by atoms with Gasteiger partial charge in [0.25, 0.3) is 0 Å². The average molecular weight is 363 g/mol. The van der Waals surface area contributed by atoms with Gasteiger partial charge in [0, 0.05) is 48.7 Å². The van der Waals surface area contributed by atoms with Gasteiger partial charge in [-0.1, -0.05) is 19.1 Å². The zero-order valence-corrected chi connectivity index (χ0v) is 15.1. The molecule has 0 aliphatic heterocycles. The predicted molar refractivity (Wildman–Crippen MR) is 102 cm³/mol. The van der Waals surface area contributed by atoms with E-state index in [0.717, 1.165) is 17.7 Å². The first kappa shape index (κ1) is 17.2. The Balaban J connectivity index is 1.30. The number of benzene rings is 1. The fraction of sp³-hybridized carbons (Fsp3) is 0.300. The SMILES string of the molecule is C[C@@H]1C[C@H]1C(=O)NCCC(=O)Nc1ccc(-c2cn3cccnc3n2)cc1. The molecular formula is C20H21N5O2. The van der Waals surface area contributed by atoms with Gasteiger partial charge in [-0.3, -0.25) is 14.0 Å². The molecule has 7 heteroatoms. The Morgan fingerprint density at radius 1 is 1.26 bits per heavy atom. The van der Waals surface area contributed by atoms with Crippen molar-refractivity contribution >= 4 is 23.3 Å². The number of imidazole rings is 1. The van der Waals surface area contributed by atoms with Crippen LogP contribution in [0.5, 0.6) is 0 Å². The molecule has 2 amide bonds. The van der Waals surface area contributed by atoms with Gasteiger partial charge in [0.15, 0.2) is 0 Å². The molecule has 2 aromatic heterocycles. The van der Waals surface area contributed by atoms with Crippen molar-refractivity contribution in [3.05, 3.63) is 48.9 Å². The number of aromatic nitrogens is 3. The lowest BCUT2D eigenvalue weighted by atomic mass is 10.1. The van der Waals surface area contributed by atoms with Crippen LogP contribution in [0.3, 0.4) is 0 Å². The van der Waals surface area contributed by atoms with E-state index < -0.39 is 0 Å². The van der Waals surface area contributed by atoms with Gasteiger partial charge in [0.1, 0.15) is 0 Å². The Labute approximate surface area is 156 Å². The van der Waals surface area contributed by atoms with E-state index in [1.807, 2.05) is 47.1 Å². The van der Waals surface area contributed by atoms with E-state index in [-0.39, 0.29) is 24.2 Å². The molecule has 0 spiro atoms. The second kappa shape index (κ2) is 7.19. The first-order valence-corrected chi connectivity index (χ1v) is 9.08. The zero-order valence-electron chi connectivity index (χ0n) is 15.1. The minimum absolute atomic E-state index is 0.0570. The van der Waals surface area contributed by atoms with E-state index in [2.05, 4.69) is 27.5 Å². The largest absolute Gasteiger partial charge is 0.355 e. The van der Waals surface area contributed by atoms with Gasteiger partial charge in [-0.25, -0.2) is 9.97 Å². The number of nitrogens with one attached hydrogen (secondary N) is 2. The van der Waals surface area contributed by atoms with Crippen molar-refractivity contribution in [2.75, 3.05) is 11.9 Å². The lowest BCUT2D eigenvalue weighted by molar-refractivity contribution is -0.122. The van der Waals surface area contributed by atoms with Crippen LogP contribution in [0, 0.1) is 11.8 Å². The number of fused-ring (bicyclic) bond motifs is 1. The normalized spacial score (nSPS) is 18.3. The second-order valence-electron chi connectivity index (χ2n) is 6.94. The molecule has 27 heavy (non-hydrogen) atoms. The van der Waals surface area contributed by atoms with Crippen LogP contribution in [-0.2, 0) is 9.59 Å². The number of hydrogen-bond donors (Lipinski definition) is 2. The molecule has 2 atom stereocenters. The van der Waals surface area contributed by atoms with Crippen molar-refractivity contribution in [2.45, 2.75) is 19.8 Å². The monoisotopic (exact) mass is 363 g/mol. The summed E-state index contributed by atoms with van der Waals surface area (Å²) in [5.74, 6) is 1.19. The third kappa shape index (κ3) is 3.97. The molecular weight excluding hydrogens is 342 g/mol. The average Bonchev–Trinajstić information content (AvgIpc) is 3.24. The van der Waals surface area contributed by atoms with Crippen molar-refractivity contribution in [1.29, 1.82) is 0 Å². The van der Waals surface area contributed by atoms with Crippen LogP contribution < -0.4 is 10.6 Å². The highest BCUT2D eigenvalue weighted by atomic mass is 16.2. The van der Waals surface area contributed by atoms with Gasteiger partial charge >= 0.3 is 0 Å². The van der Waals surface area contributed by atoms with E-state index in [1.165, 1.54) is 0 Å². The predicted octanol–water partition coefficient (Wildman–Crippen LogP) is 2.50. The first-order chi connectivity index (χ1) is 13.1. The summed E-state index contributed by atoms with van der Waals surface area (Å²) in [6.07, 6.45) is 6.73. The standard InChI is InChI=1S/C20H21N5O2/c1-13-11-16(13)19(27)21-9-7-18(26)23-15-5-3-14(4-6-15)17-12-25-10-2-8-22-20(25)24-17/h2-6,8,10,12-13,16H,7,9,11H2,1H3,(H,21,27)(H,23,26)/t13-,16-/m1/s1. The van der Waals surface area contributed by atoms with Gasteiger partial charge < -0.3 is 10.6 Å². The third-order valence-electron chi connectivity index (χ3n) is 4.80. The van der Waals surface area contributed by atoms with Crippen molar-refractivity contribution in [1.82, 2.24) is 19.7 Å². The Hall–Kier alpha value is -3.22.